The third kappa shape index (κ3) is 2.53. The zero-order valence-electron chi connectivity index (χ0n) is 13.8. The number of aromatic hydroxyl groups is 2. The number of rotatable bonds is 1. The van der Waals surface area contributed by atoms with E-state index in [9.17, 15) is 10.2 Å². The van der Waals surface area contributed by atoms with Crippen LogP contribution in [0.25, 0.3) is 33.3 Å². The molecule has 0 saturated carbocycles. The minimum atomic E-state index is -0.475. The largest absolute Gasteiger partial charge is 0.509 e. The quantitative estimate of drug-likeness (QED) is 0.366. The molecule has 28 heavy (non-hydrogen) atoms. The van der Waals surface area contributed by atoms with Crippen molar-refractivity contribution in [3.63, 3.8) is 0 Å². The molecule has 2 aromatic heterocycles. The van der Waals surface area contributed by atoms with Crippen molar-refractivity contribution in [2.75, 3.05) is 0 Å². The van der Waals surface area contributed by atoms with Crippen LogP contribution < -0.4 is 27.3 Å². The fraction of sp³-hybridized carbons (Fsp3) is 0. The molecule has 0 bridgehead atoms. The van der Waals surface area contributed by atoms with Crippen LogP contribution in [0.15, 0.2) is 4.42 Å². The van der Waals surface area contributed by atoms with E-state index in [0.717, 1.165) is 0 Å². The molecule has 0 saturated heterocycles. The van der Waals surface area contributed by atoms with E-state index in [0.29, 0.717) is 0 Å². The van der Waals surface area contributed by atoms with E-state index < -0.39 is 11.5 Å². The van der Waals surface area contributed by atoms with E-state index in [4.69, 9.17) is 66.9 Å². The molecule has 0 fully saturated rings. The molecule has 2 heterocycles. The van der Waals surface area contributed by atoms with Crippen molar-refractivity contribution < 1.29 is 14.6 Å². The van der Waals surface area contributed by atoms with E-state index in [2.05, 4.69) is 15.0 Å². The molecule has 2 N–H and O–H groups in total. The van der Waals surface area contributed by atoms with E-state index in [-0.39, 0.29) is 71.2 Å². The van der Waals surface area contributed by atoms with E-state index in [1.165, 1.54) is 0 Å². The van der Waals surface area contributed by atoms with Gasteiger partial charge >= 0.3 is 0 Å². The van der Waals surface area contributed by atoms with Crippen LogP contribution in [0.5, 0.6) is 11.5 Å². The Morgan fingerprint density at radius 2 is 1.14 bits per heavy atom. The lowest BCUT2D eigenvalue weighted by atomic mass is 9.71. The first-order valence-corrected chi connectivity index (χ1v) is 8.27. The number of nitrogens with zero attached hydrogens (tertiary/aromatic N) is 3. The number of hydrogen-bond acceptors (Lipinski definition) is 6. The fourth-order valence-corrected chi connectivity index (χ4v) is 3.34. The molecule has 124 valence electrons. The van der Waals surface area contributed by atoms with Gasteiger partial charge in [-0.15, -0.1) is 0 Å². The van der Waals surface area contributed by atoms with Gasteiger partial charge in [-0.2, -0.15) is 15.0 Å². The Morgan fingerprint density at radius 3 is 1.71 bits per heavy atom. The highest BCUT2D eigenvalue weighted by Gasteiger charge is 2.25. The molecule has 0 aliphatic heterocycles. The maximum atomic E-state index is 10.6. The summed E-state index contributed by atoms with van der Waals surface area (Å²) in [6, 6.07) is 0. The molecule has 0 amide bonds. The Morgan fingerprint density at radius 1 is 0.643 bits per heavy atom. The lowest BCUT2D eigenvalue weighted by Crippen LogP contribution is -2.33. The summed E-state index contributed by atoms with van der Waals surface area (Å²) in [6.07, 6.45) is 0. The Balaban J connectivity index is 2.30. The molecule has 4 rings (SSSR count). The smallest absolute Gasteiger partial charge is 0.227 e. The zero-order chi connectivity index (χ0) is 20.5. The first-order valence-electron chi connectivity index (χ1n) is 7.52. The van der Waals surface area contributed by atoms with Crippen LogP contribution in [0.3, 0.4) is 0 Å². The summed E-state index contributed by atoms with van der Waals surface area (Å²) in [4.78, 5) is 11.5. The highest BCUT2D eigenvalue weighted by atomic mass is 35.5. The van der Waals surface area contributed by atoms with Gasteiger partial charge in [0.2, 0.25) is 10.6 Å². The van der Waals surface area contributed by atoms with Crippen LogP contribution in [0.4, 0.5) is 0 Å². The normalized spacial score (nSPS) is 11.5. The lowest BCUT2D eigenvalue weighted by Gasteiger charge is -2.13. The Bertz CT molecular complexity index is 1310. The molecule has 4 aromatic rings. The number of aromatic nitrogens is 3. The first-order chi connectivity index (χ1) is 13.1. The van der Waals surface area contributed by atoms with Crippen molar-refractivity contribution >= 4 is 112 Å². The molecular formula is C15H2B5Cl2N3O3. The number of benzene rings is 2. The van der Waals surface area contributed by atoms with Gasteiger partial charge in [-0.3, -0.25) is 0 Å². The molecule has 0 aliphatic carbocycles. The minimum absolute atomic E-state index is 0.0107. The second-order valence-electron chi connectivity index (χ2n) is 5.85. The van der Waals surface area contributed by atoms with Crippen LogP contribution in [0, 0.1) is 0 Å². The van der Waals surface area contributed by atoms with Gasteiger partial charge in [0.1, 0.15) is 67.5 Å². The molecule has 0 aliphatic rings. The summed E-state index contributed by atoms with van der Waals surface area (Å²) in [7, 11) is 29.8. The maximum absolute atomic E-state index is 10.6. The fourth-order valence-electron chi connectivity index (χ4n) is 2.98. The summed E-state index contributed by atoms with van der Waals surface area (Å²) in [6.45, 7) is 0. The average molecular weight is 397 g/mol. The second-order valence-corrected chi connectivity index (χ2v) is 6.52. The van der Waals surface area contributed by atoms with Crippen LogP contribution in [0.1, 0.15) is 0 Å². The Labute approximate surface area is 174 Å². The molecule has 2 aromatic carbocycles. The molecule has 0 atom stereocenters. The van der Waals surface area contributed by atoms with E-state index in [1.54, 1.807) is 0 Å². The highest BCUT2D eigenvalue weighted by molar-refractivity contribution is 6.62. The van der Waals surface area contributed by atoms with Crippen LogP contribution in [-0.2, 0) is 0 Å². The number of fused-ring (bicyclic) bond motifs is 3. The van der Waals surface area contributed by atoms with E-state index in [1.807, 2.05) is 0 Å². The second kappa shape index (κ2) is 6.39. The monoisotopic (exact) mass is 397 g/mol. The Hall–Kier alpha value is -2.25. The molecule has 0 unspecified atom stereocenters. The van der Waals surface area contributed by atoms with Gasteiger partial charge in [0.05, 0.1) is 0 Å². The Kier molecular flexibility index (Phi) is 4.36. The number of hydrogen-bond donors (Lipinski definition) is 2. The topological polar surface area (TPSA) is 92.3 Å². The van der Waals surface area contributed by atoms with Gasteiger partial charge in [-0.05, 0) is 28.7 Å². The van der Waals surface area contributed by atoms with Gasteiger partial charge in [0.25, 0.3) is 0 Å². The number of furan rings is 1. The van der Waals surface area contributed by atoms with Crippen molar-refractivity contribution in [2.45, 2.75) is 0 Å². The van der Waals surface area contributed by atoms with Gasteiger partial charge in [0, 0.05) is 10.8 Å². The molecule has 13 heteroatoms. The van der Waals surface area contributed by atoms with Crippen molar-refractivity contribution in [1.29, 1.82) is 0 Å². The highest BCUT2D eigenvalue weighted by Crippen LogP contribution is 2.37. The van der Waals surface area contributed by atoms with Crippen molar-refractivity contribution in [3.8, 4) is 22.9 Å². The van der Waals surface area contributed by atoms with E-state index >= 15 is 0 Å². The number of halogens is 2. The molecule has 0 spiro atoms. The predicted molar refractivity (Wildman–Crippen MR) is 113 cm³/mol. The summed E-state index contributed by atoms with van der Waals surface area (Å²) in [5.41, 5.74) is -0.695. The third-order valence-corrected chi connectivity index (χ3v) is 4.64. The van der Waals surface area contributed by atoms with Crippen LogP contribution >= 0.6 is 23.2 Å². The number of phenols is 2. The van der Waals surface area contributed by atoms with Crippen molar-refractivity contribution in [3.05, 3.63) is 10.6 Å². The van der Waals surface area contributed by atoms with Crippen molar-refractivity contribution in [1.82, 2.24) is 15.0 Å². The standard InChI is InChI=1S/C15H2B5Cl2N3O3/c16-4-1-2-5(17)7(19)10(27)8(20)12(2)28-11(1)3(9(26)6(4)18)13-23-14(21)25-15(22)24-13/h26-27H. The van der Waals surface area contributed by atoms with Gasteiger partial charge in [0.15, 0.2) is 5.82 Å². The molecule has 10 radical (unpaired) electrons. The summed E-state index contributed by atoms with van der Waals surface area (Å²) in [5.74, 6) is -1.06. The third-order valence-electron chi connectivity index (χ3n) is 4.31. The van der Waals surface area contributed by atoms with Gasteiger partial charge < -0.3 is 14.6 Å². The van der Waals surface area contributed by atoms with Crippen molar-refractivity contribution in [2.24, 2.45) is 0 Å². The average Bonchev–Trinajstić information content (AvgIpc) is 3.02. The van der Waals surface area contributed by atoms with Crippen LogP contribution in [0.2, 0.25) is 10.6 Å². The zero-order valence-corrected chi connectivity index (χ0v) is 15.3. The molecule has 6 nitrogen and oxygen atoms in total. The lowest BCUT2D eigenvalue weighted by molar-refractivity contribution is 0.481. The summed E-state index contributed by atoms with van der Waals surface area (Å²) < 4.78 is 5.78. The molecular weight excluding hydrogens is 395 g/mol. The number of phenolic OH excluding ortho intramolecular Hbond substituents is 2. The maximum Gasteiger partial charge on any atom is 0.227 e. The van der Waals surface area contributed by atoms with Gasteiger partial charge in [-0.1, -0.05) is 21.9 Å². The first kappa shape index (κ1) is 19.1. The SMILES string of the molecule is [B]c1c(O)c([B])c2oc3c(-c4nc(Cl)nc(Cl)n4)c(O)c([B])c([B])c3c2c1[B]. The predicted octanol–water partition coefficient (Wildman–Crippen LogP) is -1.88. The van der Waals surface area contributed by atoms with Gasteiger partial charge in [-0.25, -0.2) is 0 Å². The van der Waals surface area contributed by atoms with Crippen LogP contribution in [-0.4, -0.2) is 64.4 Å². The minimum Gasteiger partial charge on any atom is -0.509 e. The summed E-state index contributed by atoms with van der Waals surface area (Å²) in [5, 5.41) is 20.6. The summed E-state index contributed by atoms with van der Waals surface area (Å²) >= 11 is 11.7.